The van der Waals surface area contributed by atoms with E-state index in [1.807, 2.05) is 42.6 Å². The molecule has 1 aromatic heterocycles. The molecule has 2 aromatic rings. The van der Waals surface area contributed by atoms with Gasteiger partial charge in [-0.1, -0.05) is 6.07 Å². The highest BCUT2D eigenvalue weighted by atomic mass is 16.5. The highest BCUT2D eigenvalue weighted by Crippen LogP contribution is 2.43. The third kappa shape index (κ3) is 2.68. The summed E-state index contributed by atoms with van der Waals surface area (Å²) in [6, 6.07) is 11.6. The summed E-state index contributed by atoms with van der Waals surface area (Å²) in [6.07, 6.45) is 2.66. The van der Waals surface area contributed by atoms with Crippen LogP contribution < -0.4 is 4.74 Å². The summed E-state index contributed by atoms with van der Waals surface area (Å²) in [7, 11) is 0. The second-order valence-electron chi connectivity index (χ2n) is 6.18. The maximum Gasteiger partial charge on any atom is 0.159 e. The monoisotopic (exact) mass is 281 g/mol. The number of hydrogen-bond donors (Lipinski definition) is 0. The molecule has 3 nitrogen and oxygen atoms in total. The first-order chi connectivity index (χ1) is 9.96. The van der Waals surface area contributed by atoms with Crippen molar-refractivity contribution in [3.8, 4) is 5.75 Å². The molecule has 1 aliphatic rings. The lowest BCUT2D eigenvalue weighted by atomic mass is 9.81. The van der Waals surface area contributed by atoms with E-state index in [0.717, 1.165) is 29.0 Å². The molecule has 2 heterocycles. The van der Waals surface area contributed by atoms with Gasteiger partial charge in [-0.15, -0.1) is 0 Å². The Hall–Kier alpha value is -2.16. The van der Waals surface area contributed by atoms with E-state index in [-0.39, 0.29) is 17.3 Å². The van der Waals surface area contributed by atoms with Crippen LogP contribution in [0.1, 0.15) is 54.7 Å². The lowest BCUT2D eigenvalue weighted by molar-refractivity contribution is 0.0768. The van der Waals surface area contributed by atoms with Gasteiger partial charge in [-0.25, -0.2) is 0 Å². The van der Waals surface area contributed by atoms with Gasteiger partial charge in [-0.05, 0) is 57.5 Å². The molecule has 0 fully saturated rings. The lowest BCUT2D eigenvalue weighted by Gasteiger charge is -2.37. The summed E-state index contributed by atoms with van der Waals surface area (Å²) in [5.74, 6) is 1.08. The van der Waals surface area contributed by atoms with E-state index in [1.165, 1.54) is 0 Å². The maximum atomic E-state index is 11.6. The molecular weight excluding hydrogens is 262 g/mol. The van der Waals surface area contributed by atoms with Crippen LogP contribution in [0.15, 0.2) is 42.6 Å². The van der Waals surface area contributed by atoms with Crippen molar-refractivity contribution >= 4 is 5.78 Å². The van der Waals surface area contributed by atoms with Crippen molar-refractivity contribution in [3.05, 3.63) is 59.4 Å². The van der Waals surface area contributed by atoms with Gasteiger partial charge >= 0.3 is 0 Å². The summed E-state index contributed by atoms with van der Waals surface area (Å²) in [6.45, 7) is 5.76. The number of aromatic nitrogens is 1. The van der Waals surface area contributed by atoms with Crippen molar-refractivity contribution in [3.63, 3.8) is 0 Å². The van der Waals surface area contributed by atoms with E-state index in [9.17, 15) is 4.79 Å². The molecule has 108 valence electrons. The van der Waals surface area contributed by atoms with Crippen LogP contribution in [0.3, 0.4) is 0 Å². The molecule has 3 rings (SSSR count). The Morgan fingerprint density at radius 3 is 2.76 bits per heavy atom. The number of carbonyl (C=O) groups is 1. The van der Waals surface area contributed by atoms with Crippen molar-refractivity contribution in [2.75, 3.05) is 0 Å². The van der Waals surface area contributed by atoms with Gasteiger partial charge in [0.25, 0.3) is 0 Å². The van der Waals surface area contributed by atoms with Crippen LogP contribution >= 0.6 is 0 Å². The van der Waals surface area contributed by atoms with E-state index in [1.54, 1.807) is 6.92 Å². The van der Waals surface area contributed by atoms with Crippen molar-refractivity contribution in [1.82, 2.24) is 4.98 Å². The van der Waals surface area contributed by atoms with E-state index in [4.69, 9.17) is 4.74 Å². The standard InChI is InChI=1S/C18H19NO2/c1-12(20)13-7-8-17-14(10-13)15(11-18(2,3)21-17)16-6-4-5-9-19-16/h4-10,15H,11H2,1-3H3. The smallest absolute Gasteiger partial charge is 0.159 e. The summed E-state index contributed by atoms with van der Waals surface area (Å²) in [5.41, 5.74) is 2.56. The largest absolute Gasteiger partial charge is 0.488 e. The number of ether oxygens (including phenoxy) is 1. The number of hydrogen-bond acceptors (Lipinski definition) is 3. The zero-order chi connectivity index (χ0) is 15.0. The molecule has 1 aromatic carbocycles. The number of ketones is 1. The minimum atomic E-state index is -0.243. The van der Waals surface area contributed by atoms with Gasteiger partial charge in [0.15, 0.2) is 5.78 Å². The molecule has 0 radical (unpaired) electrons. The van der Waals surface area contributed by atoms with Crippen LogP contribution in [0, 0.1) is 0 Å². The second kappa shape index (κ2) is 4.99. The number of fused-ring (bicyclic) bond motifs is 1. The Morgan fingerprint density at radius 1 is 1.29 bits per heavy atom. The number of pyridine rings is 1. The second-order valence-corrected chi connectivity index (χ2v) is 6.18. The van der Waals surface area contributed by atoms with Crippen LogP contribution in [0.4, 0.5) is 0 Å². The Kier molecular flexibility index (Phi) is 3.28. The molecule has 0 aliphatic carbocycles. The molecule has 0 spiro atoms. The highest BCUT2D eigenvalue weighted by molar-refractivity contribution is 5.94. The molecule has 1 aliphatic heterocycles. The summed E-state index contributed by atoms with van der Waals surface area (Å²) in [4.78, 5) is 16.1. The van der Waals surface area contributed by atoms with Gasteiger partial charge in [0.2, 0.25) is 0 Å². The van der Waals surface area contributed by atoms with Crippen molar-refractivity contribution < 1.29 is 9.53 Å². The summed E-state index contributed by atoms with van der Waals surface area (Å²) >= 11 is 0. The SMILES string of the molecule is CC(=O)c1ccc2c(c1)C(c1ccccn1)CC(C)(C)O2. The molecule has 1 atom stereocenters. The lowest BCUT2D eigenvalue weighted by Crippen LogP contribution is -2.35. The fourth-order valence-electron chi connectivity index (χ4n) is 2.92. The van der Waals surface area contributed by atoms with Crippen LogP contribution in [0.25, 0.3) is 0 Å². The quantitative estimate of drug-likeness (QED) is 0.782. The van der Waals surface area contributed by atoms with Crippen LogP contribution in [-0.2, 0) is 0 Å². The van der Waals surface area contributed by atoms with Gasteiger partial charge < -0.3 is 4.74 Å². The Morgan fingerprint density at radius 2 is 2.10 bits per heavy atom. The molecular formula is C18H19NO2. The number of nitrogens with zero attached hydrogens (tertiary/aromatic N) is 1. The molecule has 3 heteroatoms. The van der Waals surface area contributed by atoms with E-state index < -0.39 is 0 Å². The Balaban J connectivity index is 2.13. The molecule has 1 unspecified atom stereocenters. The molecule has 0 saturated carbocycles. The van der Waals surface area contributed by atoms with Crippen molar-refractivity contribution in [2.24, 2.45) is 0 Å². The highest BCUT2D eigenvalue weighted by Gasteiger charge is 2.35. The van der Waals surface area contributed by atoms with Gasteiger partial charge in [0, 0.05) is 28.9 Å². The normalized spacial score (nSPS) is 19.5. The van der Waals surface area contributed by atoms with Crippen LogP contribution in [0.5, 0.6) is 5.75 Å². The van der Waals surface area contributed by atoms with Crippen molar-refractivity contribution in [2.45, 2.75) is 38.7 Å². The summed E-state index contributed by atoms with van der Waals surface area (Å²) < 4.78 is 6.07. The maximum absolute atomic E-state index is 11.6. The fraction of sp³-hybridized carbons (Fsp3) is 0.333. The molecule has 0 amide bonds. The fourth-order valence-corrected chi connectivity index (χ4v) is 2.92. The van der Waals surface area contributed by atoms with Crippen molar-refractivity contribution in [1.29, 1.82) is 0 Å². The van der Waals surface area contributed by atoms with Crippen LogP contribution in [-0.4, -0.2) is 16.4 Å². The minimum Gasteiger partial charge on any atom is -0.488 e. The van der Waals surface area contributed by atoms with E-state index in [2.05, 4.69) is 18.8 Å². The van der Waals surface area contributed by atoms with Gasteiger partial charge in [0.05, 0.1) is 0 Å². The predicted octanol–water partition coefficient (Wildman–Crippen LogP) is 3.98. The first-order valence-electron chi connectivity index (χ1n) is 7.21. The zero-order valence-corrected chi connectivity index (χ0v) is 12.6. The van der Waals surface area contributed by atoms with Gasteiger partial charge in [-0.2, -0.15) is 0 Å². The van der Waals surface area contributed by atoms with E-state index >= 15 is 0 Å². The number of benzene rings is 1. The molecule has 0 saturated heterocycles. The average molecular weight is 281 g/mol. The first-order valence-corrected chi connectivity index (χ1v) is 7.21. The number of rotatable bonds is 2. The van der Waals surface area contributed by atoms with Crippen LogP contribution in [0.2, 0.25) is 0 Å². The summed E-state index contributed by atoms with van der Waals surface area (Å²) in [5, 5.41) is 0. The first kappa shape index (κ1) is 13.8. The third-order valence-corrected chi connectivity index (χ3v) is 3.92. The topological polar surface area (TPSA) is 39.2 Å². The van der Waals surface area contributed by atoms with Gasteiger partial charge in [0.1, 0.15) is 11.4 Å². The molecule has 0 bridgehead atoms. The Bertz CT molecular complexity index is 677. The average Bonchev–Trinajstić information content (AvgIpc) is 2.46. The third-order valence-electron chi connectivity index (χ3n) is 3.92. The van der Waals surface area contributed by atoms with E-state index in [0.29, 0.717) is 0 Å². The Labute approximate surface area is 125 Å². The number of Topliss-reactive ketones (excluding diaryl/α,β-unsaturated/α-hetero) is 1. The molecule has 0 N–H and O–H groups in total. The molecule has 21 heavy (non-hydrogen) atoms. The number of carbonyl (C=O) groups excluding carboxylic acids is 1. The minimum absolute atomic E-state index is 0.0717. The zero-order valence-electron chi connectivity index (χ0n) is 12.6. The van der Waals surface area contributed by atoms with Gasteiger partial charge in [-0.3, -0.25) is 9.78 Å². The predicted molar refractivity (Wildman–Crippen MR) is 81.9 cm³/mol.